The Morgan fingerprint density at radius 3 is 3.00 bits per heavy atom. The molecule has 0 bridgehead atoms. The zero-order valence-electron chi connectivity index (χ0n) is 9.42. The Labute approximate surface area is 91.0 Å². The van der Waals surface area contributed by atoms with Gasteiger partial charge in [-0.1, -0.05) is 19.1 Å². The molecule has 0 fully saturated rings. The molecule has 0 spiro atoms. The van der Waals surface area contributed by atoms with Gasteiger partial charge >= 0.3 is 0 Å². The number of hydrogen-bond donors (Lipinski definition) is 0. The van der Waals surface area contributed by atoms with Gasteiger partial charge in [0.05, 0.1) is 12.3 Å². The van der Waals surface area contributed by atoms with E-state index in [1.54, 1.807) is 7.11 Å². The van der Waals surface area contributed by atoms with Crippen molar-refractivity contribution < 1.29 is 4.74 Å². The summed E-state index contributed by atoms with van der Waals surface area (Å²) in [5.41, 5.74) is 5.19. The zero-order valence-corrected chi connectivity index (χ0v) is 9.42. The predicted molar refractivity (Wildman–Crippen MR) is 62.8 cm³/mol. The average molecular weight is 203 g/mol. The Balaban J connectivity index is 2.38. The van der Waals surface area contributed by atoms with Gasteiger partial charge in [-0.15, -0.1) is 0 Å². The molecule has 0 atom stereocenters. The van der Waals surface area contributed by atoms with E-state index in [4.69, 9.17) is 4.74 Å². The molecular formula is C13H17NO. The van der Waals surface area contributed by atoms with Gasteiger partial charge in [0.15, 0.2) is 0 Å². The number of ether oxygens (including phenoxy) is 1. The summed E-state index contributed by atoms with van der Waals surface area (Å²) in [6.07, 6.45) is 2.14. The Bertz CT molecular complexity index is 382. The first-order valence-electron chi connectivity index (χ1n) is 5.49. The van der Waals surface area contributed by atoms with Crippen molar-refractivity contribution in [3.63, 3.8) is 0 Å². The number of rotatable bonds is 3. The molecule has 0 saturated heterocycles. The molecular weight excluding hydrogens is 186 g/mol. The van der Waals surface area contributed by atoms with Crippen molar-refractivity contribution in [2.45, 2.75) is 19.8 Å². The summed E-state index contributed by atoms with van der Waals surface area (Å²) in [7, 11) is 1.72. The van der Waals surface area contributed by atoms with E-state index in [1.165, 1.54) is 16.7 Å². The molecule has 0 N–H and O–H groups in total. The summed E-state index contributed by atoms with van der Waals surface area (Å²) in [6, 6.07) is 6.71. The van der Waals surface area contributed by atoms with E-state index >= 15 is 0 Å². The summed E-state index contributed by atoms with van der Waals surface area (Å²) in [5.74, 6) is 0. The van der Waals surface area contributed by atoms with E-state index in [0.717, 1.165) is 25.1 Å². The van der Waals surface area contributed by atoms with Gasteiger partial charge in [-0.25, -0.2) is 0 Å². The third kappa shape index (κ3) is 2.10. The lowest BCUT2D eigenvalue weighted by Gasteiger charge is -2.17. The fourth-order valence-electron chi connectivity index (χ4n) is 1.99. The Kier molecular flexibility index (Phi) is 3.17. The van der Waals surface area contributed by atoms with Gasteiger partial charge in [-0.05, 0) is 30.0 Å². The van der Waals surface area contributed by atoms with Crippen LogP contribution in [0.25, 0.3) is 0 Å². The van der Waals surface area contributed by atoms with Crippen molar-refractivity contribution >= 4 is 5.71 Å². The van der Waals surface area contributed by atoms with Crippen molar-refractivity contribution in [1.82, 2.24) is 0 Å². The van der Waals surface area contributed by atoms with Crippen molar-refractivity contribution in [3.05, 3.63) is 34.9 Å². The molecule has 80 valence electrons. The van der Waals surface area contributed by atoms with E-state index in [1.807, 2.05) is 0 Å². The lowest BCUT2D eigenvalue weighted by Crippen LogP contribution is -2.17. The standard InChI is InChI=1S/C13H17NO/c1-3-10-4-5-11-6-7-14-13(9-15-2)12(11)8-10/h4-5,8H,3,6-7,9H2,1-2H3. The fraction of sp³-hybridized carbons (Fsp3) is 0.462. The second kappa shape index (κ2) is 4.58. The molecule has 15 heavy (non-hydrogen) atoms. The highest BCUT2D eigenvalue weighted by Crippen LogP contribution is 2.18. The minimum atomic E-state index is 0.625. The predicted octanol–water partition coefficient (Wildman–Crippen LogP) is 2.24. The number of benzene rings is 1. The van der Waals surface area contributed by atoms with Crippen molar-refractivity contribution in [3.8, 4) is 0 Å². The molecule has 0 aliphatic carbocycles. The Morgan fingerprint density at radius 1 is 1.40 bits per heavy atom. The highest BCUT2D eigenvalue weighted by atomic mass is 16.5. The molecule has 0 amide bonds. The van der Waals surface area contributed by atoms with E-state index in [0.29, 0.717) is 6.61 Å². The first-order valence-corrected chi connectivity index (χ1v) is 5.49. The maximum absolute atomic E-state index is 5.18. The van der Waals surface area contributed by atoms with Crippen LogP contribution in [0.2, 0.25) is 0 Å². The van der Waals surface area contributed by atoms with Crippen LogP contribution in [0.4, 0.5) is 0 Å². The van der Waals surface area contributed by atoms with Gasteiger partial charge in [0.25, 0.3) is 0 Å². The maximum atomic E-state index is 5.18. The molecule has 0 aromatic heterocycles. The number of methoxy groups -OCH3 is 1. The third-order valence-corrected chi connectivity index (χ3v) is 2.86. The largest absolute Gasteiger partial charge is 0.378 e. The maximum Gasteiger partial charge on any atom is 0.0885 e. The number of aliphatic imine (C=N–C) groups is 1. The SMILES string of the molecule is CCc1ccc2c(c1)C(COC)=NCC2. The zero-order chi connectivity index (χ0) is 10.7. The number of fused-ring (bicyclic) bond motifs is 1. The Hall–Kier alpha value is -1.15. The molecule has 2 heteroatoms. The van der Waals surface area contributed by atoms with E-state index in [-0.39, 0.29) is 0 Å². The van der Waals surface area contributed by atoms with Gasteiger partial charge in [-0.3, -0.25) is 4.99 Å². The van der Waals surface area contributed by atoms with Crippen LogP contribution in [-0.4, -0.2) is 26.0 Å². The molecule has 2 rings (SSSR count). The topological polar surface area (TPSA) is 21.6 Å². The van der Waals surface area contributed by atoms with Crippen molar-refractivity contribution in [1.29, 1.82) is 0 Å². The van der Waals surface area contributed by atoms with Crippen LogP contribution in [0, 0.1) is 0 Å². The lowest BCUT2D eigenvalue weighted by molar-refractivity contribution is 0.245. The monoisotopic (exact) mass is 203 g/mol. The van der Waals surface area contributed by atoms with Crippen LogP contribution in [0.1, 0.15) is 23.6 Å². The molecule has 1 aliphatic heterocycles. The lowest BCUT2D eigenvalue weighted by atomic mass is 9.95. The summed E-state index contributed by atoms with van der Waals surface area (Å²) in [5, 5.41) is 0. The van der Waals surface area contributed by atoms with Crippen LogP contribution in [0.3, 0.4) is 0 Å². The third-order valence-electron chi connectivity index (χ3n) is 2.86. The molecule has 0 radical (unpaired) electrons. The minimum absolute atomic E-state index is 0.625. The van der Waals surface area contributed by atoms with Gasteiger partial charge in [0.2, 0.25) is 0 Å². The van der Waals surface area contributed by atoms with Crippen molar-refractivity contribution in [2.75, 3.05) is 20.3 Å². The van der Waals surface area contributed by atoms with E-state index in [9.17, 15) is 0 Å². The molecule has 0 unspecified atom stereocenters. The number of hydrogen-bond acceptors (Lipinski definition) is 2. The molecule has 2 nitrogen and oxygen atoms in total. The van der Waals surface area contributed by atoms with Crippen LogP contribution in [0.5, 0.6) is 0 Å². The second-order valence-electron chi connectivity index (χ2n) is 3.86. The molecule has 0 saturated carbocycles. The van der Waals surface area contributed by atoms with Gasteiger partial charge in [0, 0.05) is 19.2 Å². The molecule has 1 aromatic carbocycles. The van der Waals surface area contributed by atoms with E-state index < -0.39 is 0 Å². The first-order chi connectivity index (χ1) is 7.35. The summed E-state index contributed by atoms with van der Waals surface area (Å²) < 4.78 is 5.18. The fourth-order valence-corrected chi connectivity index (χ4v) is 1.99. The van der Waals surface area contributed by atoms with Crippen molar-refractivity contribution in [2.24, 2.45) is 4.99 Å². The van der Waals surface area contributed by atoms with Crippen LogP contribution in [0.15, 0.2) is 23.2 Å². The van der Waals surface area contributed by atoms with Crippen LogP contribution < -0.4 is 0 Å². The number of aryl methyl sites for hydroxylation is 1. The number of nitrogens with zero attached hydrogens (tertiary/aromatic N) is 1. The van der Waals surface area contributed by atoms with E-state index in [2.05, 4.69) is 30.1 Å². The second-order valence-corrected chi connectivity index (χ2v) is 3.86. The first kappa shape index (κ1) is 10.4. The highest BCUT2D eigenvalue weighted by molar-refractivity contribution is 6.03. The highest BCUT2D eigenvalue weighted by Gasteiger charge is 2.13. The normalized spacial score (nSPS) is 14.7. The quantitative estimate of drug-likeness (QED) is 0.738. The van der Waals surface area contributed by atoms with Crippen LogP contribution >= 0.6 is 0 Å². The Morgan fingerprint density at radius 2 is 2.27 bits per heavy atom. The van der Waals surface area contributed by atoms with Gasteiger partial charge in [0.1, 0.15) is 0 Å². The van der Waals surface area contributed by atoms with Gasteiger partial charge < -0.3 is 4.74 Å². The summed E-state index contributed by atoms with van der Waals surface area (Å²) in [4.78, 5) is 4.53. The van der Waals surface area contributed by atoms with Gasteiger partial charge in [-0.2, -0.15) is 0 Å². The summed E-state index contributed by atoms with van der Waals surface area (Å²) in [6.45, 7) is 3.70. The molecule has 1 aromatic rings. The smallest absolute Gasteiger partial charge is 0.0885 e. The molecule has 1 aliphatic rings. The van der Waals surface area contributed by atoms with Crippen LogP contribution in [-0.2, 0) is 17.6 Å². The molecule has 1 heterocycles. The average Bonchev–Trinajstić information content (AvgIpc) is 2.29. The summed E-state index contributed by atoms with van der Waals surface area (Å²) >= 11 is 0. The minimum Gasteiger partial charge on any atom is -0.378 e.